The highest BCUT2D eigenvalue weighted by Gasteiger charge is 2.36. The summed E-state index contributed by atoms with van der Waals surface area (Å²) in [4.78, 5) is 0. The van der Waals surface area contributed by atoms with Crippen LogP contribution in [0.3, 0.4) is 0 Å². The number of β-amino-alcohol motifs (C(OH)–C–C–N with tert-alkyl or cyclic N) is 1. The Balaban J connectivity index is 2.27. The van der Waals surface area contributed by atoms with Crippen molar-refractivity contribution in [1.82, 2.24) is 15.5 Å². The molecule has 1 aliphatic rings. The second-order valence-corrected chi connectivity index (χ2v) is 2.62. The summed E-state index contributed by atoms with van der Waals surface area (Å²) in [5, 5.41) is 19.1. The minimum absolute atomic E-state index is 0.631. The van der Waals surface area contributed by atoms with Crippen molar-refractivity contribution in [3.63, 3.8) is 0 Å². The zero-order valence-corrected chi connectivity index (χ0v) is 5.46. The van der Waals surface area contributed by atoms with Gasteiger partial charge in [0.1, 0.15) is 5.60 Å². The van der Waals surface area contributed by atoms with Crippen LogP contribution in [0.2, 0.25) is 0 Å². The molecule has 2 rings (SSSR count). The monoisotopic (exact) mass is 139 g/mol. The van der Waals surface area contributed by atoms with Crippen LogP contribution in [-0.4, -0.2) is 28.4 Å². The van der Waals surface area contributed by atoms with Gasteiger partial charge >= 0.3 is 0 Å². The van der Waals surface area contributed by atoms with Gasteiger partial charge in [0.25, 0.3) is 0 Å². The lowest BCUT2D eigenvalue weighted by Crippen LogP contribution is -2.56. The minimum atomic E-state index is -0.660. The second-order valence-electron chi connectivity index (χ2n) is 2.62. The number of aromatic nitrogens is 2. The number of aromatic amines is 1. The van der Waals surface area contributed by atoms with Crippen LogP contribution in [0.1, 0.15) is 5.56 Å². The smallest absolute Gasteiger partial charge is 0.117 e. The van der Waals surface area contributed by atoms with Gasteiger partial charge in [-0.05, 0) is 0 Å². The Bertz CT molecular complexity index is 215. The van der Waals surface area contributed by atoms with Crippen LogP contribution in [0.15, 0.2) is 12.4 Å². The average molecular weight is 139 g/mol. The maximum Gasteiger partial charge on any atom is 0.117 e. The first kappa shape index (κ1) is 5.88. The fourth-order valence-corrected chi connectivity index (χ4v) is 1.07. The van der Waals surface area contributed by atoms with Crippen LogP contribution < -0.4 is 5.32 Å². The maximum absolute atomic E-state index is 9.65. The molecule has 1 aromatic heterocycles. The highest BCUT2D eigenvalue weighted by molar-refractivity contribution is 5.19. The molecule has 0 radical (unpaired) electrons. The lowest BCUT2D eigenvalue weighted by atomic mass is 9.91. The molecule has 0 atom stereocenters. The molecule has 1 aromatic rings. The van der Waals surface area contributed by atoms with Crippen LogP contribution >= 0.6 is 0 Å². The molecule has 1 saturated heterocycles. The standard InChI is InChI=1S/C6H9N3O/c10-6(3-7-4-6)5-1-8-9-2-5/h1-2,7,10H,3-4H2,(H,8,9). The second kappa shape index (κ2) is 1.81. The number of H-pyrrole nitrogens is 1. The predicted molar refractivity (Wildman–Crippen MR) is 35.4 cm³/mol. The van der Waals surface area contributed by atoms with Crippen molar-refractivity contribution in [3.8, 4) is 0 Å². The topological polar surface area (TPSA) is 60.9 Å². The SMILES string of the molecule is OC1(c2cn[nH]c2)CNC1. The van der Waals surface area contributed by atoms with E-state index in [0.717, 1.165) is 5.56 Å². The maximum atomic E-state index is 9.65. The normalized spacial score (nSPS) is 22.1. The third-order valence-electron chi connectivity index (χ3n) is 1.87. The van der Waals surface area contributed by atoms with Gasteiger partial charge in [-0.1, -0.05) is 0 Å². The molecule has 4 heteroatoms. The summed E-state index contributed by atoms with van der Waals surface area (Å²) < 4.78 is 0. The van der Waals surface area contributed by atoms with Crippen molar-refractivity contribution < 1.29 is 5.11 Å². The van der Waals surface area contributed by atoms with Crippen LogP contribution in [0.4, 0.5) is 0 Å². The van der Waals surface area contributed by atoms with Gasteiger partial charge < -0.3 is 10.4 Å². The van der Waals surface area contributed by atoms with Crippen LogP contribution in [-0.2, 0) is 5.60 Å². The molecule has 0 amide bonds. The summed E-state index contributed by atoms with van der Waals surface area (Å²) >= 11 is 0. The quantitative estimate of drug-likeness (QED) is 0.477. The first-order chi connectivity index (χ1) is 4.81. The van der Waals surface area contributed by atoms with E-state index in [0.29, 0.717) is 13.1 Å². The molecule has 0 spiro atoms. The van der Waals surface area contributed by atoms with E-state index in [1.54, 1.807) is 12.4 Å². The largest absolute Gasteiger partial charge is 0.382 e. The molecule has 0 aromatic carbocycles. The van der Waals surface area contributed by atoms with E-state index in [1.165, 1.54) is 0 Å². The first-order valence-electron chi connectivity index (χ1n) is 3.24. The van der Waals surface area contributed by atoms with Gasteiger partial charge in [0.05, 0.1) is 6.20 Å². The summed E-state index contributed by atoms with van der Waals surface area (Å²) in [6.07, 6.45) is 3.38. The van der Waals surface area contributed by atoms with Crippen LogP contribution in [0.25, 0.3) is 0 Å². The van der Waals surface area contributed by atoms with Crippen LogP contribution in [0, 0.1) is 0 Å². The lowest BCUT2D eigenvalue weighted by Gasteiger charge is -2.36. The Morgan fingerprint density at radius 2 is 2.40 bits per heavy atom. The van der Waals surface area contributed by atoms with Crippen LogP contribution in [0.5, 0.6) is 0 Å². The number of nitrogens with zero attached hydrogens (tertiary/aromatic N) is 1. The van der Waals surface area contributed by atoms with E-state index in [4.69, 9.17) is 0 Å². The van der Waals surface area contributed by atoms with Gasteiger partial charge in [0, 0.05) is 24.8 Å². The van der Waals surface area contributed by atoms with Gasteiger partial charge in [-0.3, -0.25) is 5.10 Å². The van der Waals surface area contributed by atoms with Crippen molar-refractivity contribution >= 4 is 0 Å². The Hall–Kier alpha value is -0.870. The number of rotatable bonds is 1. The van der Waals surface area contributed by atoms with Gasteiger partial charge in [0.2, 0.25) is 0 Å². The highest BCUT2D eigenvalue weighted by atomic mass is 16.3. The number of hydrogen-bond donors (Lipinski definition) is 3. The third-order valence-corrected chi connectivity index (χ3v) is 1.87. The molecule has 0 saturated carbocycles. The summed E-state index contributed by atoms with van der Waals surface area (Å²) in [7, 11) is 0. The van der Waals surface area contributed by atoms with Gasteiger partial charge in [-0.25, -0.2) is 0 Å². The van der Waals surface area contributed by atoms with Gasteiger partial charge in [-0.2, -0.15) is 5.10 Å². The average Bonchev–Trinajstić information content (AvgIpc) is 2.33. The zero-order valence-electron chi connectivity index (χ0n) is 5.46. The Morgan fingerprint density at radius 3 is 2.80 bits per heavy atom. The Morgan fingerprint density at radius 1 is 1.60 bits per heavy atom. The van der Waals surface area contributed by atoms with Crippen molar-refractivity contribution in [1.29, 1.82) is 0 Å². The molecule has 2 heterocycles. The van der Waals surface area contributed by atoms with Crippen molar-refractivity contribution in [2.24, 2.45) is 0 Å². The lowest BCUT2D eigenvalue weighted by molar-refractivity contribution is -0.0146. The molecule has 10 heavy (non-hydrogen) atoms. The zero-order chi connectivity index (χ0) is 7.03. The number of nitrogens with one attached hydrogen (secondary N) is 2. The molecule has 0 aliphatic carbocycles. The third kappa shape index (κ3) is 0.661. The number of hydrogen-bond acceptors (Lipinski definition) is 3. The van der Waals surface area contributed by atoms with E-state index in [2.05, 4.69) is 15.5 Å². The first-order valence-corrected chi connectivity index (χ1v) is 3.24. The predicted octanol–water partition coefficient (Wildman–Crippen LogP) is -0.800. The molecule has 1 aliphatic heterocycles. The van der Waals surface area contributed by atoms with E-state index >= 15 is 0 Å². The minimum Gasteiger partial charge on any atom is -0.382 e. The van der Waals surface area contributed by atoms with E-state index in [1.807, 2.05) is 0 Å². The van der Waals surface area contributed by atoms with Gasteiger partial charge in [-0.15, -0.1) is 0 Å². The fourth-order valence-electron chi connectivity index (χ4n) is 1.07. The van der Waals surface area contributed by atoms with Crippen molar-refractivity contribution in [3.05, 3.63) is 18.0 Å². The highest BCUT2D eigenvalue weighted by Crippen LogP contribution is 2.23. The molecule has 0 unspecified atom stereocenters. The molecule has 54 valence electrons. The molecular weight excluding hydrogens is 130 g/mol. The summed E-state index contributed by atoms with van der Waals surface area (Å²) in [5.74, 6) is 0. The molecular formula is C6H9N3O. The summed E-state index contributed by atoms with van der Waals surface area (Å²) in [6.45, 7) is 1.26. The summed E-state index contributed by atoms with van der Waals surface area (Å²) in [6, 6.07) is 0. The molecule has 4 nitrogen and oxygen atoms in total. The van der Waals surface area contributed by atoms with E-state index in [-0.39, 0.29) is 0 Å². The molecule has 0 bridgehead atoms. The van der Waals surface area contributed by atoms with Crippen molar-refractivity contribution in [2.45, 2.75) is 5.60 Å². The molecule has 3 N–H and O–H groups in total. The molecule has 1 fully saturated rings. The summed E-state index contributed by atoms with van der Waals surface area (Å²) in [5.41, 5.74) is 0.207. The Labute approximate surface area is 58.3 Å². The Kier molecular flexibility index (Phi) is 1.06. The number of aliphatic hydroxyl groups is 1. The fraction of sp³-hybridized carbons (Fsp3) is 0.500. The van der Waals surface area contributed by atoms with E-state index < -0.39 is 5.60 Å². The van der Waals surface area contributed by atoms with Gasteiger partial charge in [0.15, 0.2) is 0 Å². The van der Waals surface area contributed by atoms with Crippen molar-refractivity contribution in [2.75, 3.05) is 13.1 Å². The van der Waals surface area contributed by atoms with E-state index in [9.17, 15) is 5.11 Å².